The maximum Gasteiger partial charge on any atom is 0.264 e. The van der Waals surface area contributed by atoms with Crippen molar-refractivity contribution in [3.05, 3.63) is 53.6 Å². The van der Waals surface area contributed by atoms with Gasteiger partial charge in [0.2, 0.25) is 0 Å². The quantitative estimate of drug-likeness (QED) is 0.652. The molecule has 1 heterocycles. The second-order valence-corrected chi connectivity index (χ2v) is 7.11. The topological polar surface area (TPSA) is 51.2 Å². The molecule has 0 atom stereocenters. The van der Waals surface area contributed by atoms with E-state index in [4.69, 9.17) is 4.74 Å². The van der Waals surface area contributed by atoms with Crippen LogP contribution in [0.4, 0.5) is 5.13 Å². The number of hydrogen-bond acceptors (Lipinski definition) is 4. The average Bonchev–Trinajstić information content (AvgIpc) is 2.99. The molecule has 0 aliphatic carbocycles. The Labute approximate surface area is 151 Å². The second-order valence-electron chi connectivity index (χ2n) is 6.08. The normalized spacial score (nSPS) is 10.8. The first-order valence-corrected chi connectivity index (χ1v) is 9.34. The molecule has 0 saturated carbocycles. The molecule has 0 bridgehead atoms. The molecular formula is C20H22N2O2S. The summed E-state index contributed by atoms with van der Waals surface area (Å²) in [5.74, 6) is 0.492. The number of benzene rings is 2. The van der Waals surface area contributed by atoms with E-state index in [1.165, 1.54) is 29.7 Å². The van der Waals surface area contributed by atoms with Crippen molar-refractivity contribution in [2.75, 3.05) is 11.9 Å². The van der Waals surface area contributed by atoms with Gasteiger partial charge in [-0.15, -0.1) is 0 Å². The molecule has 0 radical (unpaired) electrons. The van der Waals surface area contributed by atoms with Crippen LogP contribution in [0.25, 0.3) is 10.2 Å². The van der Waals surface area contributed by atoms with Gasteiger partial charge in [0.1, 0.15) is 5.75 Å². The summed E-state index contributed by atoms with van der Waals surface area (Å²) in [6, 6.07) is 14.0. The molecule has 1 amide bonds. The highest BCUT2D eigenvalue weighted by Crippen LogP contribution is 2.27. The molecule has 1 aromatic heterocycles. The van der Waals surface area contributed by atoms with Gasteiger partial charge >= 0.3 is 0 Å². The third-order valence-corrected chi connectivity index (χ3v) is 4.81. The molecule has 0 aliphatic rings. The highest BCUT2D eigenvalue weighted by Gasteiger charge is 2.09. The fourth-order valence-electron chi connectivity index (χ4n) is 2.57. The SMILES string of the molecule is CCCCc1ccc2nc(NC(=O)COc3cccc(C)c3)sc2c1. The summed E-state index contributed by atoms with van der Waals surface area (Å²) in [5.41, 5.74) is 3.33. The van der Waals surface area contributed by atoms with E-state index in [0.29, 0.717) is 10.9 Å². The number of thiazole rings is 1. The molecule has 0 fully saturated rings. The Balaban J connectivity index is 1.60. The molecular weight excluding hydrogens is 332 g/mol. The van der Waals surface area contributed by atoms with Crippen LogP contribution in [-0.2, 0) is 11.2 Å². The van der Waals surface area contributed by atoms with Gasteiger partial charge in [-0.2, -0.15) is 0 Å². The van der Waals surface area contributed by atoms with Crippen molar-refractivity contribution in [2.24, 2.45) is 0 Å². The van der Waals surface area contributed by atoms with E-state index >= 15 is 0 Å². The largest absolute Gasteiger partial charge is 0.484 e. The summed E-state index contributed by atoms with van der Waals surface area (Å²) in [7, 11) is 0. The molecule has 3 rings (SSSR count). The van der Waals surface area contributed by atoms with Crippen LogP contribution in [0.15, 0.2) is 42.5 Å². The minimum absolute atomic E-state index is 0.0267. The van der Waals surface area contributed by atoms with Crippen molar-refractivity contribution in [3.63, 3.8) is 0 Å². The van der Waals surface area contributed by atoms with Gasteiger partial charge in [0, 0.05) is 0 Å². The number of aromatic nitrogens is 1. The predicted octanol–water partition coefficient (Wildman–Crippen LogP) is 4.96. The summed E-state index contributed by atoms with van der Waals surface area (Å²) in [5, 5.41) is 3.43. The second kappa shape index (κ2) is 8.12. The zero-order valence-corrected chi connectivity index (χ0v) is 15.4. The fourth-order valence-corrected chi connectivity index (χ4v) is 3.51. The van der Waals surface area contributed by atoms with E-state index in [-0.39, 0.29) is 12.5 Å². The molecule has 0 saturated heterocycles. The minimum Gasteiger partial charge on any atom is -0.484 e. The highest BCUT2D eigenvalue weighted by atomic mass is 32.1. The zero-order chi connectivity index (χ0) is 17.6. The predicted molar refractivity (Wildman–Crippen MR) is 104 cm³/mol. The monoisotopic (exact) mass is 354 g/mol. The van der Waals surface area contributed by atoms with Gasteiger partial charge in [0.05, 0.1) is 10.2 Å². The van der Waals surface area contributed by atoms with Gasteiger partial charge in [-0.1, -0.05) is 42.9 Å². The Kier molecular flexibility index (Phi) is 5.66. The highest BCUT2D eigenvalue weighted by molar-refractivity contribution is 7.22. The summed E-state index contributed by atoms with van der Waals surface area (Å²) < 4.78 is 6.62. The molecule has 1 N–H and O–H groups in total. The van der Waals surface area contributed by atoms with Gasteiger partial charge < -0.3 is 4.74 Å². The number of unbranched alkanes of at least 4 members (excludes halogenated alkanes) is 1. The summed E-state index contributed by atoms with van der Waals surface area (Å²) >= 11 is 1.50. The molecule has 0 aliphatic heterocycles. The molecule has 2 aromatic carbocycles. The molecule has 25 heavy (non-hydrogen) atoms. The average molecular weight is 354 g/mol. The zero-order valence-electron chi connectivity index (χ0n) is 14.5. The van der Waals surface area contributed by atoms with Gasteiger partial charge in [0.25, 0.3) is 5.91 Å². The standard InChI is InChI=1S/C20H22N2O2S/c1-3-4-7-15-9-10-17-18(12-15)25-20(21-17)22-19(23)13-24-16-8-5-6-14(2)11-16/h5-6,8-12H,3-4,7,13H2,1-2H3,(H,21,22,23). The third kappa shape index (κ3) is 4.79. The Hall–Kier alpha value is -2.40. The molecule has 3 aromatic rings. The lowest BCUT2D eigenvalue weighted by molar-refractivity contribution is -0.118. The van der Waals surface area contributed by atoms with Crippen molar-refractivity contribution >= 4 is 32.6 Å². The number of fused-ring (bicyclic) bond motifs is 1. The van der Waals surface area contributed by atoms with Gasteiger partial charge in [-0.3, -0.25) is 10.1 Å². The summed E-state index contributed by atoms with van der Waals surface area (Å²) in [6.45, 7) is 4.15. The van der Waals surface area contributed by atoms with Crippen LogP contribution in [0.2, 0.25) is 0 Å². The van der Waals surface area contributed by atoms with Crippen LogP contribution in [-0.4, -0.2) is 17.5 Å². The van der Waals surface area contributed by atoms with Gasteiger partial charge in [-0.25, -0.2) is 4.98 Å². The number of carbonyl (C=O) groups excluding carboxylic acids is 1. The van der Waals surface area contributed by atoms with Crippen LogP contribution in [0.5, 0.6) is 5.75 Å². The fraction of sp³-hybridized carbons (Fsp3) is 0.300. The number of nitrogens with one attached hydrogen (secondary N) is 1. The van der Waals surface area contributed by atoms with E-state index in [1.807, 2.05) is 37.3 Å². The number of aryl methyl sites for hydroxylation is 2. The van der Waals surface area contributed by atoms with Crippen LogP contribution in [0, 0.1) is 6.92 Å². The molecule has 130 valence electrons. The first kappa shape index (κ1) is 17.4. The first-order valence-electron chi connectivity index (χ1n) is 8.53. The van der Waals surface area contributed by atoms with Crippen LogP contribution in [0.1, 0.15) is 30.9 Å². The number of ether oxygens (including phenoxy) is 1. The Bertz CT molecular complexity index is 873. The number of amides is 1. The number of rotatable bonds is 7. The van der Waals surface area contributed by atoms with E-state index < -0.39 is 0 Å². The molecule has 0 spiro atoms. The van der Waals surface area contributed by atoms with Crippen molar-refractivity contribution in [2.45, 2.75) is 33.1 Å². The number of nitrogens with zero attached hydrogens (tertiary/aromatic N) is 1. The maximum absolute atomic E-state index is 12.1. The minimum atomic E-state index is -0.202. The van der Waals surface area contributed by atoms with Gasteiger partial charge in [0.15, 0.2) is 11.7 Å². The van der Waals surface area contributed by atoms with Crippen molar-refractivity contribution < 1.29 is 9.53 Å². The molecule has 4 nitrogen and oxygen atoms in total. The Morgan fingerprint density at radius 3 is 2.92 bits per heavy atom. The Morgan fingerprint density at radius 1 is 1.24 bits per heavy atom. The van der Waals surface area contributed by atoms with Crippen LogP contribution >= 0.6 is 11.3 Å². The summed E-state index contributed by atoms with van der Waals surface area (Å²) in [6.07, 6.45) is 3.45. The molecule has 5 heteroatoms. The smallest absolute Gasteiger partial charge is 0.264 e. The first-order chi connectivity index (χ1) is 12.1. The van der Waals surface area contributed by atoms with E-state index in [2.05, 4.69) is 29.4 Å². The van der Waals surface area contributed by atoms with Crippen LogP contribution in [0.3, 0.4) is 0 Å². The lowest BCUT2D eigenvalue weighted by Crippen LogP contribution is -2.20. The van der Waals surface area contributed by atoms with E-state index in [1.54, 1.807) is 0 Å². The molecule has 0 unspecified atom stereocenters. The number of carbonyl (C=O) groups is 1. The lowest BCUT2D eigenvalue weighted by atomic mass is 10.1. The maximum atomic E-state index is 12.1. The van der Waals surface area contributed by atoms with Crippen molar-refractivity contribution in [1.82, 2.24) is 4.98 Å². The lowest BCUT2D eigenvalue weighted by Gasteiger charge is -2.06. The summed E-state index contributed by atoms with van der Waals surface area (Å²) in [4.78, 5) is 16.6. The van der Waals surface area contributed by atoms with E-state index in [0.717, 1.165) is 22.2 Å². The van der Waals surface area contributed by atoms with Crippen LogP contribution < -0.4 is 10.1 Å². The van der Waals surface area contributed by atoms with Gasteiger partial charge in [-0.05, 0) is 55.2 Å². The van der Waals surface area contributed by atoms with Crippen molar-refractivity contribution in [1.29, 1.82) is 0 Å². The van der Waals surface area contributed by atoms with Crippen molar-refractivity contribution in [3.8, 4) is 5.75 Å². The van der Waals surface area contributed by atoms with E-state index in [9.17, 15) is 4.79 Å². The third-order valence-electron chi connectivity index (χ3n) is 3.88. The Morgan fingerprint density at radius 2 is 2.12 bits per heavy atom. The number of hydrogen-bond donors (Lipinski definition) is 1. The number of anilines is 1.